The van der Waals surface area contributed by atoms with Crippen LogP contribution in [0.5, 0.6) is 0 Å². The lowest BCUT2D eigenvalue weighted by atomic mass is 10.5. The number of halogens is 3. The number of aromatic nitrogens is 3. The zero-order valence-corrected chi connectivity index (χ0v) is 9.18. The number of hydrogen-bond donors (Lipinski definition) is 2. The van der Waals surface area contributed by atoms with Crippen LogP contribution in [0.1, 0.15) is 5.82 Å². The lowest BCUT2D eigenvalue weighted by Crippen LogP contribution is -2.35. The van der Waals surface area contributed by atoms with Crippen LogP contribution in [0, 0.1) is 0 Å². The summed E-state index contributed by atoms with van der Waals surface area (Å²) in [5.41, 5.74) is 5.22. The molecule has 0 atom stereocenters. The molecule has 0 saturated heterocycles. The van der Waals surface area contributed by atoms with E-state index in [1.54, 1.807) is 5.32 Å². The van der Waals surface area contributed by atoms with Gasteiger partial charge in [-0.05, 0) is 0 Å². The Morgan fingerprint density at radius 3 is 2.71 bits per heavy atom. The second-order valence-corrected chi connectivity index (χ2v) is 3.46. The van der Waals surface area contributed by atoms with Crippen molar-refractivity contribution in [2.75, 3.05) is 6.54 Å². The van der Waals surface area contributed by atoms with Gasteiger partial charge in [-0.15, -0.1) is 5.10 Å². The molecule has 6 nitrogen and oxygen atoms in total. The molecule has 0 saturated carbocycles. The highest BCUT2D eigenvalue weighted by atomic mass is 32.1. The highest BCUT2D eigenvalue weighted by Crippen LogP contribution is 2.11. The third kappa shape index (κ3) is 4.76. The summed E-state index contributed by atoms with van der Waals surface area (Å²) in [7, 11) is 0. The fourth-order valence-electron chi connectivity index (χ4n) is 0.886. The fourth-order valence-corrected chi connectivity index (χ4v) is 0.979. The van der Waals surface area contributed by atoms with Crippen LogP contribution in [0.4, 0.5) is 13.2 Å². The topological polar surface area (TPSA) is 85.8 Å². The van der Waals surface area contributed by atoms with E-state index in [9.17, 15) is 18.0 Å². The Bertz CT molecular complexity index is 429. The summed E-state index contributed by atoms with van der Waals surface area (Å²) in [6, 6.07) is 0. The average Bonchev–Trinajstić information content (AvgIpc) is 2.62. The number of carbonyl (C=O) groups excluding carboxylic acids is 1. The maximum atomic E-state index is 11.8. The number of thiocarbonyl (C=S) groups is 1. The second-order valence-electron chi connectivity index (χ2n) is 3.02. The van der Waals surface area contributed by atoms with Crippen LogP contribution in [0.3, 0.4) is 0 Å². The number of carbonyl (C=O) groups is 1. The van der Waals surface area contributed by atoms with E-state index >= 15 is 0 Å². The molecule has 0 aliphatic rings. The SMILES string of the molecule is NC(=S)c1ncn(CC(=O)NCC(F)(F)F)n1. The number of alkyl halides is 3. The van der Waals surface area contributed by atoms with Crippen molar-refractivity contribution in [1.82, 2.24) is 20.1 Å². The van der Waals surface area contributed by atoms with Crippen LogP contribution in [0.2, 0.25) is 0 Å². The first kappa shape index (κ1) is 13.4. The minimum Gasteiger partial charge on any atom is -0.387 e. The molecule has 1 aromatic heterocycles. The zero-order valence-electron chi connectivity index (χ0n) is 8.36. The van der Waals surface area contributed by atoms with Gasteiger partial charge in [0.1, 0.15) is 24.4 Å². The zero-order chi connectivity index (χ0) is 13.1. The molecule has 0 aliphatic carbocycles. The number of nitrogens with two attached hydrogens (primary N) is 1. The molecule has 1 rings (SSSR count). The van der Waals surface area contributed by atoms with Crippen LogP contribution < -0.4 is 11.1 Å². The molecule has 0 radical (unpaired) electrons. The number of nitrogens with one attached hydrogen (secondary N) is 1. The van der Waals surface area contributed by atoms with E-state index in [-0.39, 0.29) is 17.4 Å². The van der Waals surface area contributed by atoms with Gasteiger partial charge >= 0.3 is 6.18 Å². The quantitative estimate of drug-likeness (QED) is 0.724. The molecule has 1 amide bonds. The first-order valence-corrected chi connectivity index (χ1v) is 4.71. The summed E-state index contributed by atoms with van der Waals surface area (Å²) >= 11 is 4.58. The molecule has 1 heterocycles. The van der Waals surface area contributed by atoms with Gasteiger partial charge in [-0.2, -0.15) is 13.2 Å². The van der Waals surface area contributed by atoms with Crippen LogP contribution >= 0.6 is 12.2 Å². The van der Waals surface area contributed by atoms with Crippen molar-refractivity contribution in [3.8, 4) is 0 Å². The summed E-state index contributed by atoms with van der Waals surface area (Å²) in [6.07, 6.45) is -3.29. The molecular formula is C7H8F3N5OS. The van der Waals surface area contributed by atoms with Gasteiger partial charge in [-0.25, -0.2) is 9.67 Å². The minimum absolute atomic E-state index is 0.0561. The first-order valence-electron chi connectivity index (χ1n) is 4.30. The molecule has 0 spiro atoms. The van der Waals surface area contributed by atoms with Gasteiger partial charge in [-0.1, -0.05) is 12.2 Å². The second kappa shape index (κ2) is 5.08. The van der Waals surface area contributed by atoms with Crippen molar-refractivity contribution in [1.29, 1.82) is 0 Å². The lowest BCUT2D eigenvalue weighted by Gasteiger charge is -2.07. The Labute approximate surface area is 99.0 Å². The average molecular weight is 267 g/mol. The number of amides is 1. The smallest absolute Gasteiger partial charge is 0.387 e. The molecule has 3 N–H and O–H groups in total. The molecule has 0 aliphatic heterocycles. The summed E-state index contributed by atoms with van der Waals surface area (Å²) in [6.45, 7) is -1.77. The van der Waals surface area contributed by atoms with E-state index in [0.717, 1.165) is 11.0 Å². The van der Waals surface area contributed by atoms with E-state index in [1.807, 2.05) is 0 Å². The lowest BCUT2D eigenvalue weighted by molar-refractivity contribution is -0.138. The Morgan fingerprint density at radius 1 is 1.59 bits per heavy atom. The van der Waals surface area contributed by atoms with Gasteiger partial charge in [0.25, 0.3) is 0 Å². The Balaban J connectivity index is 2.48. The number of nitrogens with zero attached hydrogens (tertiary/aromatic N) is 3. The summed E-state index contributed by atoms with van der Waals surface area (Å²) in [5, 5.41) is 5.38. The molecule has 0 fully saturated rings. The summed E-state index contributed by atoms with van der Waals surface area (Å²) in [5.74, 6) is -0.773. The van der Waals surface area contributed by atoms with Gasteiger partial charge in [0.15, 0.2) is 0 Å². The summed E-state index contributed by atoms with van der Waals surface area (Å²) in [4.78, 5) is 14.7. The highest BCUT2D eigenvalue weighted by Gasteiger charge is 2.27. The van der Waals surface area contributed by atoms with Gasteiger partial charge in [-0.3, -0.25) is 4.79 Å². The minimum atomic E-state index is -4.44. The van der Waals surface area contributed by atoms with Crippen LogP contribution in [-0.2, 0) is 11.3 Å². The van der Waals surface area contributed by atoms with E-state index in [4.69, 9.17) is 5.73 Å². The van der Waals surface area contributed by atoms with Gasteiger partial charge in [0, 0.05) is 0 Å². The van der Waals surface area contributed by atoms with Crippen molar-refractivity contribution < 1.29 is 18.0 Å². The van der Waals surface area contributed by atoms with Gasteiger partial charge < -0.3 is 11.1 Å². The van der Waals surface area contributed by atoms with Crippen molar-refractivity contribution in [2.24, 2.45) is 5.73 Å². The van der Waals surface area contributed by atoms with Crippen molar-refractivity contribution >= 4 is 23.1 Å². The van der Waals surface area contributed by atoms with Crippen molar-refractivity contribution in [3.05, 3.63) is 12.2 Å². The largest absolute Gasteiger partial charge is 0.405 e. The summed E-state index contributed by atoms with van der Waals surface area (Å²) < 4.78 is 36.4. The van der Waals surface area contributed by atoms with E-state index < -0.39 is 18.6 Å². The standard InChI is InChI=1S/C7H8F3N5OS/c8-7(9,10)2-12-4(16)1-15-3-13-6(14-15)5(11)17/h3H,1-2H2,(H2,11,17)(H,12,16). The molecule has 0 unspecified atom stereocenters. The maximum absolute atomic E-state index is 11.8. The first-order chi connectivity index (χ1) is 7.78. The van der Waals surface area contributed by atoms with E-state index in [1.165, 1.54) is 0 Å². The van der Waals surface area contributed by atoms with Crippen LogP contribution in [0.25, 0.3) is 0 Å². The molecular weight excluding hydrogens is 259 g/mol. The predicted octanol–water partition coefficient (Wildman–Crippen LogP) is -0.409. The molecule has 10 heteroatoms. The Morgan fingerprint density at radius 2 is 2.24 bits per heavy atom. The molecule has 17 heavy (non-hydrogen) atoms. The normalized spacial score (nSPS) is 11.2. The molecule has 0 aromatic carbocycles. The number of rotatable bonds is 4. The third-order valence-corrected chi connectivity index (χ3v) is 1.73. The van der Waals surface area contributed by atoms with Crippen LogP contribution in [-0.4, -0.2) is 38.4 Å². The fraction of sp³-hybridized carbons (Fsp3) is 0.429. The number of hydrogen-bond acceptors (Lipinski definition) is 4. The van der Waals surface area contributed by atoms with Crippen LogP contribution in [0.15, 0.2) is 6.33 Å². The van der Waals surface area contributed by atoms with E-state index in [0.29, 0.717) is 0 Å². The maximum Gasteiger partial charge on any atom is 0.405 e. The van der Waals surface area contributed by atoms with Crippen molar-refractivity contribution in [2.45, 2.75) is 12.7 Å². The van der Waals surface area contributed by atoms with Gasteiger partial charge in [0.05, 0.1) is 0 Å². The van der Waals surface area contributed by atoms with Gasteiger partial charge in [0.2, 0.25) is 11.7 Å². The monoisotopic (exact) mass is 267 g/mol. The molecule has 1 aromatic rings. The third-order valence-electron chi connectivity index (χ3n) is 1.55. The Hall–Kier alpha value is -1.71. The molecule has 0 bridgehead atoms. The van der Waals surface area contributed by atoms with E-state index in [2.05, 4.69) is 22.3 Å². The van der Waals surface area contributed by atoms with Crippen molar-refractivity contribution in [3.63, 3.8) is 0 Å². The predicted molar refractivity (Wildman–Crippen MR) is 55.0 cm³/mol. The molecule has 94 valence electrons. The Kier molecular flexibility index (Phi) is 3.99. The highest BCUT2D eigenvalue weighted by molar-refractivity contribution is 7.80.